The number of thiocarbonyl (C=S) groups is 1. The zero-order valence-electron chi connectivity index (χ0n) is 12.3. The van der Waals surface area contributed by atoms with Crippen molar-refractivity contribution in [3.8, 4) is 0 Å². The van der Waals surface area contributed by atoms with Gasteiger partial charge in [-0.05, 0) is 29.9 Å². The van der Waals surface area contributed by atoms with Crippen molar-refractivity contribution in [2.24, 2.45) is 0 Å². The second-order valence-corrected chi connectivity index (χ2v) is 5.56. The lowest BCUT2D eigenvalue weighted by molar-refractivity contribution is 0.0389. The number of morpholine rings is 1. The molecule has 4 nitrogen and oxygen atoms in total. The van der Waals surface area contributed by atoms with E-state index < -0.39 is 0 Å². The average molecular weight is 311 g/mol. The molecule has 0 atom stereocenters. The molecule has 1 aromatic carbocycles. The number of hydrogen-bond donors (Lipinski definition) is 1. The van der Waals surface area contributed by atoms with Gasteiger partial charge in [0.15, 0.2) is 5.11 Å². The van der Waals surface area contributed by atoms with Gasteiger partial charge in [0.1, 0.15) is 5.82 Å². The van der Waals surface area contributed by atoms with E-state index in [2.05, 4.69) is 10.2 Å². The Kier molecular flexibility index (Phi) is 6.35. The van der Waals surface area contributed by atoms with Crippen molar-refractivity contribution in [3.05, 3.63) is 35.6 Å². The molecule has 2 rings (SSSR count). The summed E-state index contributed by atoms with van der Waals surface area (Å²) in [6, 6.07) is 6.60. The van der Waals surface area contributed by atoms with Gasteiger partial charge in [-0.2, -0.15) is 0 Å². The van der Waals surface area contributed by atoms with Gasteiger partial charge in [-0.25, -0.2) is 4.39 Å². The van der Waals surface area contributed by atoms with Crippen LogP contribution >= 0.6 is 12.2 Å². The van der Waals surface area contributed by atoms with Crippen LogP contribution in [0.3, 0.4) is 0 Å². The van der Waals surface area contributed by atoms with Gasteiger partial charge in [0.05, 0.1) is 13.2 Å². The summed E-state index contributed by atoms with van der Waals surface area (Å²) in [6.45, 7) is 5.94. The third-order valence-electron chi connectivity index (χ3n) is 3.46. The maximum Gasteiger partial charge on any atom is 0.169 e. The smallest absolute Gasteiger partial charge is 0.169 e. The fraction of sp³-hybridized carbons (Fsp3) is 0.533. The summed E-state index contributed by atoms with van der Waals surface area (Å²) in [5, 5.41) is 3.93. The molecule has 6 heteroatoms. The standard InChI is InChI=1S/C15H22FN3OS/c1-18(12-13-3-2-4-14(16)11-13)15(21)17-5-6-19-7-9-20-10-8-19/h2-4,11H,5-10,12H2,1H3,(H,17,21). The highest BCUT2D eigenvalue weighted by molar-refractivity contribution is 7.80. The molecule has 1 aromatic rings. The second-order valence-electron chi connectivity index (χ2n) is 5.17. The Morgan fingerprint density at radius 3 is 2.90 bits per heavy atom. The van der Waals surface area contributed by atoms with Crippen molar-refractivity contribution >= 4 is 17.3 Å². The molecule has 0 amide bonds. The average Bonchev–Trinajstić information content (AvgIpc) is 2.48. The van der Waals surface area contributed by atoms with Gasteiger partial charge in [0, 0.05) is 39.8 Å². The van der Waals surface area contributed by atoms with E-state index in [0.717, 1.165) is 45.0 Å². The van der Waals surface area contributed by atoms with Crippen LogP contribution in [0, 0.1) is 5.82 Å². The number of nitrogens with zero attached hydrogens (tertiary/aromatic N) is 2. The fourth-order valence-electron chi connectivity index (χ4n) is 2.26. The summed E-state index contributed by atoms with van der Waals surface area (Å²) in [5.41, 5.74) is 0.912. The van der Waals surface area contributed by atoms with Crippen molar-refractivity contribution < 1.29 is 9.13 Å². The second kappa shape index (κ2) is 8.26. The van der Waals surface area contributed by atoms with Crippen LogP contribution in [-0.4, -0.2) is 61.4 Å². The van der Waals surface area contributed by atoms with Gasteiger partial charge < -0.3 is 15.0 Å². The Morgan fingerprint density at radius 1 is 1.43 bits per heavy atom. The van der Waals surface area contributed by atoms with E-state index in [1.165, 1.54) is 12.1 Å². The molecule has 0 saturated carbocycles. The monoisotopic (exact) mass is 311 g/mol. The first-order valence-corrected chi connectivity index (χ1v) is 7.59. The van der Waals surface area contributed by atoms with E-state index in [1.54, 1.807) is 6.07 Å². The normalized spacial score (nSPS) is 15.7. The molecule has 1 saturated heterocycles. The van der Waals surface area contributed by atoms with Crippen molar-refractivity contribution in [2.75, 3.05) is 46.4 Å². The molecule has 0 aromatic heterocycles. The van der Waals surface area contributed by atoms with Crippen LogP contribution in [0.2, 0.25) is 0 Å². The molecule has 0 spiro atoms. The van der Waals surface area contributed by atoms with Crippen molar-refractivity contribution in [2.45, 2.75) is 6.54 Å². The van der Waals surface area contributed by atoms with Gasteiger partial charge in [0.2, 0.25) is 0 Å². The lowest BCUT2D eigenvalue weighted by atomic mass is 10.2. The number of halogens is 1. The van der Waals surface area contributed by atoms with Crippen LogP contribution in [-0.2, 0) is 11.3 Å². The van der Waals surface area contributed by atoms with Crippen LogP contribution < -0.4 is 5.32 Å². The highest BCUT2D eigenvalue weighted by Crippen LogP contribution is 2.06. The maximum atomic E-state index is 13.1. The molecule has 0 unspecified atom stereocenters. The predicted octanol–water partition coefficient (Wildman–Crippen LogP) is 1.46. The minimum Gasteiger partial charge on any atom is -0.379 e. The Hall–Kier alpha value is -1.24. The first-order chi connectivity index (χ1) is 10.1. The van der Waals surface area contributed by atoms with Crippen LogP contribution in [0.25, 0.3) is 0 Å². The summed E-state index contributed by atoms with van der Waals surface area (Å²) in [5.74, 6) is -0.216. The highest BCUT2D eigenvalue weighted by Gasteiger charge is 2.10. The van der Waals surface area contributed by atoms with Gasteiger partial charge >= 0.3 is 0 Å². The minimum absolute atomic E-state index is 0.216. The zero-order chi connectivity index (χ0) is 15.1. The topological polar surface area (TPSA) is 27.7 Å². The van der Waals surface area contributed by atoms with Gasteiger partial charge in [0.25, 0.3) is 0 Å². The fourth-order valence-corrected chi connectivity index (χ4v) is 2.43. The molecule has 0 bridgehead atoms. The molecular weight excluding hydrogens is 289 g/mol. The molecule has 1 heterocycles. The van der Waals surface area contributed by atoms with Crippen LogP contribution in [0.15, 0.2) is 24.3 Å². The SMILES string of the molecule is CN(Cc1cccc(F)c1)C(=S)NCCN1CCOCC1. The lowest BCUT2D eigenvalue weighted by Gasteiger charge is -2.27. The molecule has 0 aliphatic carbocycles. The molecule has 1 aliphatic rings. The number of ether oxygens (including phenoxy) is 1. The van der Waals surface area contributed by atoms with E-state index in [4.69, 9.17) is 17.0 Å². The van der Waals surface area contributed by atoms with E-state index in [0.29, 0.717) is 11.7 Å². The van der Waals surface area contributed by atoms with E-state index in [-0.39, 0.29) is 5.82 Å². The minimum atomic E-state index is -0.216. The third-order valence-corrected chi connectivity index (χ3v) is 3.92. The lowest BCUT2D eigenvalue weighted by Crippen LogP contribution is -2.43. The molecule has 21 heavy (non-hydrogen) atoms. The summed E-state index contributed by atoms with van der Waals surface area (Å²) in [7, 11) is 1.91. The summed E-state index contributed by atoms with van der Waals surface area (Å²) in [6.07, 6.45) is 0. The maximum absolute atomic E-state index is 13.1. The van der Waals surface area contributed by atoms with Gasteiger partial charge in [-0.3, -0.25) is 4.90 Å². The Labute approximate surface area is 130 Å². The summed E-state index contributed by atoms with van der Waals surface area (Å²) >= 11 is 5.35. The molecule has 116 valence electrons. The van der Waals surface area contributed by atoms with Crippen LogP contribution in [0.5, 0.6) is 0 Å². The number of rotatable bonds is 5. The summed E-state index contributed by atoms with van der Waals surface area (Å²) in [4.78, 5) is 4.27. The zero-order valence-corrected chi connectivity index (χ0v) is 13.2. The number of hydrogen-bond acceptors (Lipinski definition) is 3. The van der Waals surface area contributed by atoms with Crippen LogP contribution in [0.4, 0.5) is 4.39 Å². The van der Waals surface area contributed by atoms with Crippen molar-refractivity contribution in [1.29, 1.82) is 0 Å². The first kappa shape index (κ1) is 16.1. The number of benzene rings is 1. The molecular formula is C15H22FN3OS. The molecule has 1 fully saturated rings. The predicted molar refractivity (Wildman–Crippen MR) is 85.7 cm³/mol. The third kappa shape index (κ3) is 5.57. The van der Waals surface area contributed by atoms with Crippen molar-refractivity contribution in [1.82, 2.24) is 15.1 Å². The Balaban J connectivity index is 1.69. The first-order valence-electron chi connectivity index (χ1n) is 7.18. The van der Waals surface area contributed by atoms with Gasteiger partial charge in [-0.1, -0.05) is 12.1 Å². The molecule has 1 aliphatic heterocycles. The van der Waals surface area contributed by atoms with E-state index >= 15 is 0 Å². The Bertz CT molecular complexity index is 466. The molecule has 1 N–H and O–H groups in total. The highest BCUT2D eigenvalue weighted by atomic mass is 32.1. The largest absolute Gasteiger partial charge is 0.379 e. The summed E-state index contributed by atoms with van der Waals surface area (Å²) < 4.78 is 18.5. The van der Waals surface area contributed by atoms with Crippen LogP contribution in [0.1, 0.15) is 5.56 Å². The quantitative estimate of drug-likeness (QED) is 0.831. The van der Waals surface area contributed by atoms with E-state index in [1.807, 2.05) is 18.0 Å². The number of nitrogens with one attached hydrogen (secondary N) is 1. The van der Waals surface area contributed by atoms with Crippen molar-refractivity contribution in [3.63, 3.8) is 0 Å². The van der Waals surface area contributed by atoms with E-state index in [9.17, 15) is 4.39 Å². The van der Waals surface area contributed by atoms with Gasteiger partial charge in [-0.15, -0.1) is 0 Å². The Morgan fingerprint density at radius 2 is 2.19 bits per heavy atom. The molecule has 0 radical (unpaired) electrons.